The van der Waals surface area contributed by atoms with Gasteiger partial charge in [0.2, 0.25) is 0 Å². The molecule has 19 heavy (non-hydrogen) atoms. The molecule has 2 aliphatic heterocycles. The molecule has 0 aromatic heterocycles. The zero-order valence-electron chi connectivity index (χ0n) is 11.7. The van der Waals surface area contributed by atoms with Gasteiger partial charge in [-0.3, -0.25) is 4.79 Å². The van der Waals surface area contributed by atoms with E-state index in [1.165, 1.54) is 5.56 Å². The summed E-state index contributed by atoms with van der Waals surface area (Å²) in [7, 11) is 0. The number of carbonyl (C=O) groups excluding carboxylic acids is 1. The minimum absolute atomic E-state index is 0.0725. The second kappa shape index (κ2) is 4.64. The Balaban J connectivity index is 1.91. The van der Waals surface area contributed by atoms with E-state index < -0.39 is 0 Å². The Kier molecular flexibility index (Phi) is 3.09. The number of fused-ring (bicyclic) bond motifs is 2. The van der Waals surface area contributed by atoms with E-state index >= 15 is 0 Å². The van der Waals surface area contributed by atoms with Gasteiger partial charge in [-0.15, -0.1) is 0 Å². The van der Waals surface area contributed by atoms with Gasteiger partial charge < -0.3 is 9.64 Å². The Bertz CT molecular complexity index is 487. The van der Waals surface area contributed by atoms with Crippen molar-refractivity contribution in [1.82, 2.24) is 4.90 Å². The molecule has 2 aliphatic rings. The average molecular weight is 259 g/mol. The van der Waals surface area contributed by atoms with Crippen LogP contribution in [-0.4, -0.2) is 30.0 Å². The van der Waals surface area contributed by atoms with Gasteiger partial charge in [-0.25, -0.2) is 0 Å². The quantitative estimate of drug-likeness (QED) is 0.726. The standard InChI is InChI=1S/C16H21NO2/c1-12(2)17-9-7-16(8-10-17)14-6-4-3-5-13(14)11-15(18)19-16/h3-6,12H,7-11H2,1-2H3. The van der Waals surface area contributed by atoms with Crippen LogP contribution in [-0.2, 0) is 21.6 Å². The minimum Gasteiger partial charge on any atom is -0.454 e. The SMILES string of the molecule is CC(C)N1CCC2(CC1)OC(=O)Cc1ccccc12. The molecule has 0 atom stereocenters. The molecule has 2 heterocycles. The number of benzene rings is 1. The van der Waals surface area contributed by atoms with E-state index in [4.69, 9.17) is 4.74 Å². The average Bonchev–Trinajstić information content (AvgIpc) is 2.39. The molecule has 3 nitrogen and oxygen atoms in total. The normalized spacial score (nSPS) is 22.4. The maximum Gasteiger partial charge on any atom is 0.311 e. The molecule has 0 radical (unpaired) electrons. The van der Waals surface area contributed by atoms with Crippen molar-refractivity contribution in [2.45, 2.75) is 44.8 Å². The number of piperidine rings is 1. The fraction of sp³-hybridized carbons (Fsp3) is 0.562. The number of likely N-dealkylation sites (tertiary alicyclic amines) is 1. The van der Waals surface area contributed by atoms with Gasteiger partial charge in [0.15, 0.2) is 0 Å². The number of ether oxygens (including phenoxy) is 1. The van der Waals surface area contributed by atoms with Crippen LogP contribution in [0, 0.1) is 0 Å². The number of carbonyl (C=O) groups is 1. The molecule has 0 amide bonds. The molecule has 1 aromatic rings. The number of rotatable bonds is 1. The van der Waals surface area contributed by atoms with Crippen LogP contribution in [0.2, 0.25) is 0 Å². The van der Waals surface area contributed by atoms with Crippen molar-refractivity contribution >= 4 is 5.97 Å². The Morgan fingerprint density at radius 1 is 1.21 bits per heavy atom. The molecule has 0 aliphatic carbocycles. The molecular formula is C16H21NO2. The predicted molar refractivity (Wildman–Crippen MR) is 73.9 cm³/mol. The van der Waals surface area contributed by atoms with E-state index in [1.54, 1.807) is 0 Å². The maximum atomic E-state index is 11.9. The molecule has 1 aromatic carbocycles. The lowest BCUT2D eigenvalue weighted by molar-refractivity contribution is -0.169. The molecule has 0 N–H and O–H groups in total. The van der Waals surface area contributed by atoms with E-state index in [2.05, 4.69) is 36.9 Å². The van der Waals surface area contributed by atoms with Crippen molar-refractivity contribution in [2.24, 2.45) is 0 Å². The van der Waals surface area contributed by atoms with Crippen LogP contribution in [0.3, 0.4) is 0 Å². The summed E-state index contributed by atoms with van der Waals surface area (Å²) in [5.41, 5.74) is 2.02. The van der Waals surface area contributed by atoms with Crippen LogP contribution < -0.4 is 0 Å². The van der Waals surface area contributed by atoms with Gasteiger partial charge in [0.25, 0.3) is 0 Å². The van der Waals surface area contributed by atoms with E-state index in [-0.39, 0.29) is 11.6 Å². The second-order valence-corrected chi connectivity index (χ2v) is 5.93. The van der Waals surface area contributed by atoms with Gasteiger partial charge in [0.05, 0.1) is 6.42 Å². The molecule has 3 heteroatoms. The van der Waals surface area contributed by atoms with Gasteiger partial charge in [0.1, 0.15) is 5.60 Å². The summed E-state index contributed by atoms with van der Waals surface area (Å²) in [5, 5.41) is 0. The van der Waals surface area contributed by atoms with E-state index in [1.807, 2.05) is 6.07 Å². The van der Waals surface area contributed by atoms with Crippen LogP contribution >= 0.6 is 0 Å². The smallest absolute Gasteiger partial charge is 0.311 e. The predicted octanol–water partition coefficient (Wildman–Crippen LogP) is 2.49. The Morgan fingerprint density at radius 2 is 1.89 bits per heavy atom. The minimum atomic E-state index is -0.364. The number of hydrogen-bond donors (Lipinski definition) is 0. The van der Waals surface area contributed by atoms with E-state index in [0.29, 0.717) is 12.5 Å². The first-order valence-corrected chi connectivity index (χ1v) is 7.15. The number of nitrogens with zero attached hydrogens (tertiary/aromatic N) is 1. The molecule has 1 saturated heterocycles. The first-order valence-electron chi connectivity index (χ1n) is 7.15. The highest BCUT2D eigenvalue weighted by Crippen LogP contribution is 2.41. The summed E-state index contributed by atoms with van der Waals surface area (Å²) in [6.07, 6.45) is 2.24. The molecule has 1 spiro atoms. The van der Waals surface area contributed by atoms with Gasteiger partial charge in [0, 0.05) is 32.0 Å². The van der Waals surface area contributed by atoms with Crippen LogP contribution in [0.1, 0.15) is 37.8 Å². The summed E-state index contributed by atoms with van der Waals surface area (Å²) >= 11 is 0. The van der Waals surface area contributed by atoms with Crippen LogP contribution in [0.5, 0.6) is 0 Å². The second-order valence-electron chi connectivity index (χ2n) is 5.93. The van der Waals surface area contributed by atoms with Gasteiger partial charge in [-0.2, -0.15) is 0 Å². The van der Waals surface area contributed by atoms with Crippen LogP contribution in [0.25, 0.3) is 0 Å². The third kappa shape index (κ3) is 2.16. The number of esters is 1. The first-order chi connectivity index (χ1) is 9.11. The molecule has 1 fully saturated rings. The summed E-state index contributed by atoms with van der Waals surface area (Å²) in [5.74, 6) is -0.0725. The largest absolute Gasteiger partial charge is 0.454 e. The van der Waals surface area contributed by atoms with Crippen molar-refractivity contribution in [1.29, 1.82) is 0 Å². The van der Waals surface area contributed by atoms with Crippen LogP contribution in [0.4, 0.5) is 0 Å². The summed E-state index contributed by atoms with van der Waals surface area (Å²) in [6.45, 7) is 6.44. The lowest BCUT2D eigenvalue weighted by atomic mass is 9.79. The van der Waals surface area contributed by atoms with E-state index in [0.717, 1.165) is 31.5 Å². The topological polar surface area (TPSA) is 29.5 Å². The highest BCUT2D eigenvalue weighted by Gasteiger charge is 2.44. The zero-order valence-corrected chi connectivity index (χ0v) is 11.7. The fourth-order valence-corrected chi connectivity index (χ4v) is 3.36. The molecule has 3 rings (SSSR count). The van der Waals surface area contributed by atoms with Crippen LogP contribution in [0.15, 0.2) is 24.3 Å². The fourth-order valence-electron chi connectivity index (χ4n) is 3.36. The van der Waals surface area contributed by atoms with Crippen molar-refractivity contribution in [2.75, 3.05) is 13.1 Å². The Morgan fingerprint density at radius 3 is 2.58 bits per heavy atom. The summed E-state index contributed by atoms with van der Waals surface area (Å²) < 4.78 is 5.80. The maximum absolute atomic E-state index is 11.9. The molecule has 0 bridgehead atoms. The molecule has 102 valence electrons. The van der Waals surface area contributed by atoms with Gasteiger partial charge in [-0.1, -0.05) is 24.3 Å². The molecule has 0 unspecified atom stereocenters. The summed E-state index contributed by atoms with van der Waals surface area (Å²) in [4.78, 5) is 14.3. The Hall–Kier alpha value is -1.35. The van der Waals surface area contributed by atoms with Gasteiger partial charge in [-0.05, 0) is 25.0 Å². The summed E-state index contributed by atoms with van der Waals surface area (Å²) in [6, 6.07) is 8.81. The monoisotopic (exact) mass is 259 g/mol. The van der Waals surface area contributed by atoms with Gasteiger partial charge >= 0.3 is 5.97 Å². The molecule has 0 saturated carbocycles. The highest BCUT2D eigenvalue weighted by atomic mass is 16.6. The van der Waals surface area contributed by atoms with Crippen molar-refractivity contribution in [3.8, 4) is 0 Å². The van der Waals surface area contributed by atoms with E-state index in [9.17, 15) is 4.79 Å². The third-order valence-electron chi connectivity index (χ3n) is 4.49. The highest BCUT2D eigenvalue weighted by molar-refractivity contribution is 5.76. The zero-order chi connectivity index (χ0) is 13.5. The lowest BCUT2D eigenvalue weighted by Crippen LogP contribution is -2.49. The lowest BCUT2D eigenvalue weighted by Gasteiger charge is -2.45. The van der Waals surface area contributed by atoms with Crippen molar-refractivity contribution in [3.05, 3.63) is 35.4 Å². The molecular weight excluding hydrogens is 238 g/mol. The Labute approximate surface area is 114 Å². The van der Waals surface area contributed by atoms with Crippen molar-refractivity contribution < 1.29 is 9.53 Å². The van der Waals surface area contributed by atoms with Crippen molar-refractivity contribution in [3.63, 3.8) is 0 Å². The number of hydrogen-bond acceptors (Lipinski definition) is 3. The third-order valence-corrected chi connectivity index (χ3v) is 4.49. The first kappa shape index (κ1) is 12.7.